The first-order valence-electron chi connectivity index (χ1n) is 6.64. The van der Waals surface area contributed by atoms with Crippen LogP contribution in [0.2, 0.25) is 0 Å². The molecule has 0 fully saturated rings. The molecule has 0 aliphatic carbocycles. The van der Waals surface area contributed by atoms with Gasteiger partial charge in [-0.25, -0.2) is 13.1 Å². The SMILES string of the molecule is CNC(=O)c1ccc(S(=O)(=O)NCC(C)(C)CCO)cc1. The van der Waals surface area contributed by atoms with E-state index >= 15 is 0 Å². The lowest BCUT2D eigenvalue weighted by Crippen LogP contribution is -2.34. The second kappa shape index (κ2) is 7.02. The van der Waals surface area contributed by atoms with Gasteiger partial charge in [-0.1, -0.05) is 13.8 Å². The average Bonchev–Trinajstić information content (AvgIpc) is 2.45. The summed E-state index contributed by atoms with van der Waals surface area (Å²) in [4.78, 5) is 11.5. The van der Waals surface area contributed by atoms with Crippen LogP contribution in [0.4, 0.5) is 0 Å². The minimum atomic E-state index is -3.62. The zero-order chi connectivity index (χ0) is 16.1. The van der Waals surface area contributed by atoms with Crippen molar-refractivity contribution in [2.75, 3.05) is 20.2 Å². The van der Waals surface area contributed by atoms with Crippen molar-refractivity contribution in [3.05, 3.63) is 29.8 Å². The average molecular weight is 314 g/mol. The van der Waals surface area contributed by atoms with Gasteiger partial charge in [-0.15, -0.1) is 0 Å². The van der Waals surface area contributed by atoms with Crippen LogP contribution in [0.3, 0.4) is 0 Å². The van der Waals surface area contributed by atoms with Gasteiger partial charge in [0.05, 0.1) is 4.90 Å². The van der Waals surface area contributed by atoms with Gasteiger partial charge in [0.25, 0.3) is 5.91 Å². The van der Waals surface area contributed by atoms with Crippen molar-refractivity contribution in [1.29, 1.82) is 0 Å². The largest absolute Gasteiger partial charge is 0.396 e. The molecule has 118 valence electrons. The lowest BCUT2D eigenvalue weighted by molar-refractivity contribution is 0.0963. The standard InChI is InChI=1S/C14H22N2O4S/c1-14(2,8-9-17)10-16-21(19,20)12-6-4-11(5-7-12)13(18)15-3/h4-7,16-17H,8-10H2,1-3H3,(H,15,18). The van der Waals surface area contributed by atoms with Gasteiger partial charge in [-0.05, 0) is 36.1 Å². The van der Waals surface area contributed by atoms with Gasteiger partial charge in [-0.3, -0.25) is 4.79 Å². The van der Waals surface area contributed by atoms with E-state index in [9.17, 15) is 13.2 Å². The molecule has 0 atom stereocenters. The maximum atomic E-state index is 12.2. The number of rotatable bonds is 7. The van der Waals surface area contributed by atoms with Gasteiger partial charge < -0.3 is 10.4 Å². The van der Waals surface area contributed by atoms with Gasteiger partial charge in [0.15, 0.2) is 0 Å². The van der Waals surface area contributed by atoms with Gasteiger partial charge in [0.2, 0.25) is 10.0 Å². The Morgan fingerprint density at radius 1 is 1.24 bits per heavy atom. The molecule has 3 N–H and O–H groups in total. The molecule has 1 amide bonds. The number of aliphatic hydroxyl groups is 1. The fraction of sp³-hybridized carbons (Fsp3) is 0.500. The first-order valence-corrected chi connectivity index (χ1v) is 8.13. The van der Waals surface area contributed by atoms with Crippen LogP contribution in [0.25, 0.3) is 0 Å². The highest BCUT2D eigenvalue weighted by molar-refractivity contribution is 7.89. The van der Waals surface area contributed by atoms with Gasteiger partial charge in [0, 0.05) is 25.8 Å². The molecule has 21 heavy (non-hydrogen) atoms. The summed E-state index contributed by atoms with van der Waals surface area (Å²) >= 11 is 0. The molecule has 0 spiro atoms. The molecular weight excluding hydrogens is 292 g/mol. The molecule has 6 nitrogen and oxygen atoms in total. The molecule has 1 aromatic carbocycles. The number of nitrogens with one attached hydrogen (secondary N) is 2. The second-order valence-corrected chi connectivity index (χ2v) is 7.33. The predicted octanol–water partition coefficient (Wildman–Crippen LogP) is 0.733. The number of hydrogen-bond donors (Lipinski definition) is 3. The topological polar surface area (TPSA) is 95.5 Å². The van der Waals surface area contributed by atoms with Crippen LogP contribution in [0.1, 0.15) is 30.6 Å². The number of aliphatic hydroxyl groups excluding tert-OH is 1. The van der Waals surface area contributed by atoms with Crippen LogP contribution < -0.4 is 10.0 Å². The first-order chi connectivity index (χ1) is 9.72. The molecule has 0 aromatic heterocycles. The maximum Gasteiger partial charge on any atom is 0.251 e. The Morgan fingerprint density at radius 2 is 1.81 bits per heavy atom. The second-order valence-electron chi connectivity index (χ2n) is 5.57. The van der Waals surface area contributed by atoms with E-state index in [1.165, 1.54) is 31.3 Å². The third-order valence-corrected chi connectivity index (χ3v) is 4.60. The van der Waals surface area contributed by atoms with Gasteiger partial charge >= 0.3 is 0 Å². The lowest BCUT2D eigenvalue weighted by Gasteiger charge is -2.23. The monoisotopic (exact) mass is 314 g/mol. The number of carbonyl (C=O) groups is 1. The van der Waals surface area contributed by atoms with Crippen molar-refractivity contribution >= 4 is 15.9 Å². The van der Waals surface area contributed by atoms with Crippen molar-refractivity contribution in [1.82, 2.24) is 10.0 Å². The van der Waals surface area contributed by atoms with Crippen LogP contribution in [-0.4, -0.2) is 39.6 Å². The van der Waals surface area contributed by atoms with E-state index in [1.807, 2.05) is 13.8 Å². The highest BCUT2D eigenvalue weighted by Crippen LogP contribution is 2.19. The van der Waals surface area contributed by atoms with Crippen LogP contribution in [0.15, 0.2) is 29.2 Å². The zero-order valence-electron chi connectivity index (χ0n) is 12.5. The lowest BCUT2D eigenvalue weighted by atomic mass is 9.90. The Morgan fingerprint density at radius 3 is 2.29 bits per heavy atom. The summed E-state index contributed by atoms with van der Waals surface area (Å²) in [7, 11) is -2.11. The Kier molecular flexibility index (Phi) is 5.88. The van der Waals surface area contributed by atoms with Crippen LogP contribution in [-0.2, 0) is 10.0 Å². The third kappa shape index (κ3) is 5.11. The maximum absolute atomic E-state index is 12.2. The highest BCUT2D eigenvalue weighted by Gasteiger charge is 2.22. The molecule has 0 heterocycles. The van der Waals surface area contributed by atoms with E-state index in [-0.39, 0.29) is 29.4 Å². The summed E-state index contributed by atoms with van der Waals surface area (Å²) in [5.74, 6) is -0.268. The quantitative estimate of drug-likeness (QED) is 0.691. The number of amides is 1. The van der Waals surface area contributed by atoms with E-state index < -0.39 is 10.0 Å². The molecule has 0 saturated heterocycles. The molecule has 7 heteroatoms. The summed E-state index contributed by atoms with van der Waals surface area (Å²) in [6.45, 7) is 3.99. The molecule has 0 aliphatic heterocycles. The van der Waals surface area contributed by atoms with E-state index in [4.69, 9.17) is 5.11 Å². The fourth-order valence-electron chi connectivity index (χ4n) is 1.69. The fourth-order valence-corrected chi connectivity index (χ4v) is 2.94. The molecule has 0 saturated carbocycles. The number of benzene rings is 1. The number of sulfonamides is 1. The Balaban J connectivity index is 2.81. The molecule has 1 aromatic rings. The number of carbonyl (C=O) groups excluding carboxylic acids is 1. The third-order valence-electron chi connectivity index (χ3n) is 3.18. The molecule has 0 radical (unpaired) electrons. The predicted molar refractivity (Wildman–Crippen MR) is 80.5 cm³/mol. The molecule has 0 unspecified atom stereocenters. The Bertz CT molecular complexity index is 579. The summed E-state index contributed by atoms with van der Waals surface area (Å²) < 4.78 is 26.8. The Labute approximate surface area is 125 Å². The van der Waals surface area contributed by atoms with E-state index in [0.717, 1.165) is 0 Å². The molecule has 1 rings (SSSR count). The van der Waals surface area contributed by atoms with Crippen molar-refractivity contribution < 1.29 is 18.3 Å². The normalized spacial score (nSPS) is 12.2. The highest BCUT2D eigenvalue weighted by atomic mass is 32.2. The van der Waals surface area contributed by atoms with E-state index in [2.05, 4.69) is 10.0 Å². The molecular formula is C14H22N2O4S. The van der Waals surface area contributed by atoms with Crippen LogP contribution in [0, 0.1) is 5.41 Å². The zero-order valence-corrected chi connectivity index (χ0v) is 13.3. The summed E-state index contributed by atoms with van der Waals surface area (Å²) in [6.07, 6.45) is 0.505. The van der Waals surface area contributed by atoms with Crippen molar-refractivity contribution in [2.24, 2.45) is 5.41 Å². The molecule has 0 bridgehead atoms. The first kappa shape index (κ1) is 17.6. The van der Waals surface area contributed by atoms with Crippen LogP contribution in [0.5, 0.6) is 0 Å². The van der Waals surface area contributed by atoms with Crippen molar-refractivity contribution in [3.8, 4) is 0 Å². The summed E-state index contributed by atoms with van der Waals surface area (Å²) in [5.41, 5.74) is 0.0705. The van der Waals surface area contributed by atoms with Crippen molar-refractivity contribution in [2.45, 2.75) is 25.2 Å². The summed E-state index contributed by atoms with van der Waals surface area (Å²) in [6, 6.07) is 5.72. The van der Waals surface area contributed by atoms with Gasteiger partial charge in [-0.2, -0.15) is 0 Å². The number of hydrogen-bond acceptors (Lipinski definition) is 4. The Hall–Kier alpha value is -1.44. The molecule has 0 aliphatic rings. The smallest absolute Gasteiger partial charge is 0.251 e. The van der Waals surface area contributed by atoms with Gasteiger partial charge in [0.1, 0.15) is 0 Å². The summed E-state index contributed by atoms with van der Waals surface area (Å²) in [5, 5.41) is 11.4. The van der Waals surface area contributed by atoms with E-state index in [1.54, 1.807) is 0 Å². The minimum absolute atomic E-state index is 0.00948. The van der Waals surface area contributed by atoms with Crippen LogP contribution >= 0.6 is 0 Å². The minimum Gasteiger partial charge on any atom is -0.396 e. The van der Waals surface area contributed by atoms with Crippen molar-refractivity contribution in [3.63, 3.8) is 0 Å². The van der Waals surface area contributed by atoms with E-state index in [0.29, 0.717) is 12.0 Å².